The van der Waals surface area contributed by atoms with Gasteiger partial charge < -0.3 is 10.4 Å². The Morgan fingerprint density at radius 2 is 1.95 bits per heavy atom. The molecule has 1 aromatic rings. The Balaban J connectivity index is 1.77. The summed E-state index contributed by atoms with van der Waals surface area (Å²) in [5.41, 5.74) is -0.333. The predicted octanol–water partition coefficient (Wildman–Crippen LogP) is 2.85. The Hall–Kier alpha value is -1.43. The minimum absolute atomic E-state index is 0.281. The van der Waals surface area contributed by atoms with Crippen LogP contribution in [0.15, 0.2) is 0 Å². The van der Waals surface area contributed by atoms with E-state index in [4.69, 9.17) is 0 Å². The molecule has 21 heavy (non-hydrogen) atoms. The number of hydrogen-bond acceptors (Lipinski definition) is 4. The number of aryl methyl sites for hydroxylation is 1. The lowest BCUT2D eigenvalue weighted by atomic mass is 9.76. The Bertz CT molecular complexity index is 571. The molecule has 114 valence electrons. The lowest BCUT2D eigenvalue weighted by Crippen LogP contribution is -2.59. The molecule has 0 saturated heterocycles. The van der Waals surface area contributed by atoms with E-state index in [1.807, 2.05) is 6.92 Å². The summed E-state index contributed by atoms with van der Waals surface area (Å²) in [6.45, 7) is 1.83. The first-order valence-corrected chi connectivity index (χ1v) is 8.37. The normalized spacial score (nSPS) is 21.0. The van der Waals surface area contributed by atoms with Crippen molar-refractivity contribution in [3.63, 3.8) is 0 Å². The Labute approximate surface area is 127 Å². The van der Waals surface area contributed by atoms with Crippen LogP contribution < -0.4 is 5.32 Å². The highest BCUT2D eigenvalue weighted by Crippen LogP contribution is 2.38. The zero-order valence-electron chi connectivity index (χ0n) is 12.1. The average Bonchev–Trinajstić information content (AvgIpc) is 3.01. The molecule has 1 heterocycles. The number of aliphatic carboxylic acids is 1. The van der Waals surface area contributed by atoms with Crippen molar-refractivity contribution in [2.75, 3.05) is 0 Å². The smallest absolute Gasteiger partial charge is 0.329 e. The van der Waals surface area contributed by atoms with Gasteiger partial charge in [-0.3, -0.25) is 4.79 Å². The molecule has 0 unspecified atom stereocenters. The molecule has 1 aromatic heterocycles. The van der Waals surface area contributed by atoms with Crippen molar-refractivity contribution in [2.24, 2.45) is 0 Å². The number of thiazole rings is 1. The van der Waals surface area contributed by atoms with E-state index in [2.05, 4.69) is 10.3 Å². The van der Waals surface area contributed by atoms with E-state index >= 15 is 0 Å². The van der Waals surface area contributed by atoms with Gasteiger partial charge in [-0.2, -0.15) is 0 Å². The maximum atomic E-state index is 12.4. The Kier molecular flexibility index (Phi) is 3.73. The third-order valence-corrected chi connectivity index (χ3v) is 6.01. The summed E-state index contributed by atoms with van der Waals surface area (Å²) in [6.07, 6.45) is 6.63. The van der Waals surface area contributed by atoms with Crippen molar-refractivity contribution in [1.29, 1.82) is 0 Å². The number of carboxylic acids is 1. The molecule has 0 radical (unpaired) electrons. The number of nitrogens with one attached hydrogen (secondary N) is 1. The van der Waals surface area contributed by atoms with E-state index in [-0.39, 0.29) is 5.91 Å². The molecule has 0 aliphatic heterocycles. The number of amides is 1. The van der Waals surface area contributed by atoms with E-state index in [1.165, 1.54) is 24.2 Å². The van der Waals surface area contributed by atoms with Crippen LogP contribution in [0.5, 0.6) is 0 Å². The fourth-order valence-electron chi connectivity index (χ4n) is 3.17. The summed E-state index contributed by atoms with van der Waals surface area (Å²) < 4.78 is 0. The number of aromatic nitrogens is 1. The van der Waals surface area contributed by atoms with Gasteiger partial charge in [-0.1, -0.05) is 12.8 Å². The van der Waals surface area contributed by atoms with Crippen molar-refractivity contribution in [1.82, 2.24) is 10.3 Å². The summed E-state index contributed by atoms with van der Waals surface area (Å²) in [5.74, 6) is -0.732. The summed E-state index contributed by atoms with van der Waals surface area (Å²) in [5, 5.41) is 13.1. The monoisotopic (exact) mass is 308 g/mol. The van der Waals surface area contributed by atoms with Gasteiger partial charge >= 0.3 is 5.97 Å². The number of nitrogens with zero attached hydrogens (tertiary/aromatic N) is 1. The molecular weight excluding hydrogens is 288 g/mol. The highest BCUT2D eigenvalue weighted by molar-refractivity contribution is 7.13. The zero-order valence-corrected chi connectivity index (χ0v) is 13.0. The second-order valence-corrected chi connectivity index (χ2v) is 7.17. The van der Waals surface area contributed by atoms with Gasteiger partial charge in [0, 0.05) is 5.92 Å². The molecule has 1 amide bonds. The van der Waals surface area contributed by atoms with Crippen LogP contribution >= 0.6 is 11.3 Å². The van der Waals surface area contributed by atoms with Crippen LogP contribution in [-0.2, 0) is 4.79 Å². The maximum Gasteiger partial charge on any atom is 0.329 e. The molecule has 0 bridgehead atoms. The number of rotatable bonds is 4. The number of carbonyl (C=O) groups is 2. The van der Waals surface area contributed by atoms with Crippen molar-refractivity contribution < 1.29 is 14.7 Å². The second kappa shape index (κ2) is 5.40. The van der Waals surface area contributed by atoms with Crippen LogP contribution in [-0.4, -0.2) is 27.5 Å². The summed E-state index contributed by atoms with van der Waals surface area (Å²) in [7, 11) is 0. The van der Waals surface area contributed by atoms with E-state index in [9.17, 15) is 14.7 Å². The molecular formula is C15H20N2O3S. The summed E-state index contributed by atoms with van der Waals surface area (Å²) in [4.78, 5) is 28.9. The fourth-order valence-corrected chi connectivity index (χ4v) is 4.30. The van der Waals surface area contributed by atoms with Crippen molar-refractivity contribution >= 4 is 23.2 Å². The van der Waals surface area contributed by atoms with E-state index in [0.717, 1.165) is 30.0 Å². The van der Waals surface area contributed by atoms with Gasteiger partial charge in [-0.05, 0) is 39.0 Å². The molecule has 2 aliphatic rings. The fraction of sp³-hybridized carbons (Fsp3) is 0.667. The quantitative estimate of drug-likeness (QED) is 0.896. The topological polar surface area (TPSA) is 79.3 Å². The largest absolute Gasteiger partial charge is 0.480 e. The van der Waals surface area contributed by atoms with Crippen LogP contribution in [0, 0.1) is 6.92 Å². The van der Waals surface area contributed by atoms with Crippen molar-refractivity contribution in [3.8, 4) is 0 Å². The molecule has 2 aliphatic carbocycles. The third-order valence-electron chi connectivity index (χ3n) is 4.69. The van der Waals surface area contributed by atoms with Crippen molar-refractivity contribution in [3.05, 3.63) is 15.6 Å². The Morgan fingerprint density at radius 3 is 2.48 bits per heavy atom. The standard InChI is InChI=1S/C15H20N2O3S/c1-9-11(21-13(16-9)10-5-2-3-6-10)12(18)17-15(14(19)20)7-4-8-15/h10H,2-8H2,1H3,(H,17,18)(H,19,20). The zero-order chi connectivity index (χ0) is 15.0. The predicted molar refractivity (Wildman–Crippen MR) is 79.7 cm³/mol. The first-order valence-electron chi connectivity index (χ1n) is 7.55. The van der Waals surface area contributed by atoms with Gasteiger partial charge in [0.25, 0.3) is 5.91 Å². The molecule has 2 fully saturated rings. The minimum Gasteiger partial charge on any atom is -0.480 e. The van der Waals surface area contributed by atoms with Crippen LogP contribution in [0.4, 0.5) is 0 Å². The van der Waals surface area contributed by atoms with Gasteiger partial charge in [0.1, 0.15) is 10.4 Å². The molecule has 2 saturated carbocycles. The number of carbonyl (C=O) groups excluding carboxylic acids is 1. The van der Waals surface area contributed by atoms with Crippen molar-refractivity contribution in [2.45, 2.75) is 63.3 Å². The summed E-state index contributed by atoms with van der Waals surface area (Å²) >= 11 is 1.44. The Morgan fingerprint density at radius 1 is 1.29 bits per heavy atom. The number of carboxylic acid groups (broad SMARTS) is 1. The van der Waals surface area contributed by atoms with Crippen LogP contribution in [0.1, 0.15) is 71.2 Å². The summed E-state index contributed by atoms with van der Waals surface area (Å²) in [6, 6.07) is 0. The second-order valence-electron chi connectivity index (χ2n) is 6.14. The number of hydrogen-bond donors (Lipinski definition) is 2. The third kappa shape index (κ3) is 2.57. The van der Waals surface area contributed by atoms with Gasteiger partial charge in [-0.25, -0.2) is 9.78 Å². The van der Waals surface area contributed by atoms with Crippen LogP contribution in [0.2, 0.25) is 0 Å². The van der Waals surface area contributed by atoms with Crippen LogP contribution in [0.3, 0.4) is 0 Å². The molecule has 2 N–H and O–H groups in total. The highest BCUT2D eigenvalue weighted by atomic mass is 32.1. The van der Waals surface area contributed by atoms with Gasteiger partial charge in [0.05, 0.1) is 10.7 Å². The average molecular weight is 308 g/mol. The van der Waals surface area contributed by atoms with Gasteiger partial charge in [-0.15, -0.1) is 11.3 Å². The molecule has 0 spiro atoms. The molecule has 6 heteroatoms. The molecule has 0 atom stereocenters. The van der Waals surface area contributed by atoms with E-state index in [0.29, 0.717) is 23.6 Å². The molecule has 3 rings (SSSR count). The minimum atomic E-state index is -1.05. The van der Waals surface area contributed by atoms with Gasteiger partial charge in [0.15, 0.2) is 0 Å². The lowest BCUT2D eigenvalue weighted by molar-refractivity contribution is -0.148. The highest BCUT2D eigenvalue weighted by Gasteiger charge is 2.46. The van der Waals surface area contributed by atoms with Crippen LogP contribution in [0.25, 0.3) is 0 Å². The lowest BCUT2D eigenvalue weighted by Gasteiger charge is -2.38. The molecule has 0 aromatic carbocycles. The van der Waals surface area contributed by atoms with E-state index in [1.54, 1.807) is 0 Å². The maximum absolute atomic E-state index is 12.4. The van der Waals surface area contributed by atoms with Gasteiger partial charge in [0.2, 0.25) is 0 Å². The first-order chi connectivity index (χ1) is 10.0. The molecule has 5 nitrogen and oxygen atoms in total. The van der Waals surface area contributed by atoms with E-state index < -0.39 is 11.5 Å². The SMILES string of the molecule is Cc1nc(C2CCCC2)sc1C(=O)NC1(C(=O)O)CCC1. The first kappa shape index (κ1) is 14.5.